The molecule has 2 heterocycles. The lowest BCUT2D eigenvalue weighted by molar-refractivity contribution is -0.117. The van der Waals surface area contributed by atoms with Crippen LogP contribution < -0.4 is 5.32 Å². The number of carbonyl (C=O) groups excluding carboxylic acids is 1. The van der Waals surface area contributed by atoms with Crippen molar-refractivity contribution in [1.82, 2.24) is 14.5 Å². The van der Waals surface area contributed by atoms with Gasteiger partial charge in [-0.15, -0.1) is 0 Å². The van der Waals surface area contributed by atoms with Crippen molar-refractivity contribution in [1.29, 1.82) is 0 Å². The minimum atomic E-state index is 0.0851. The maximum absolute atomic E-state index is 11.9. The van der Waals surface area contributed by atoms with E-state index in [0.29, 0.717) is 11.7 Å². The maximum atomic E-state index is 11.9. The highest BCUT2D eigenvalue weighted by Gasteiger charge is 2.30. The summed E-state index contributed by atoms with van der Waals surface area (Å²) in [5.41, 5.74) is 2.16. The molecule has 1 amide bonds. The second kappa shape index (κ2) is 7.40. The third-order valence-corrected chi connectivity index (χ3v) is 3.82. The Morgan fingerprint density at radius 1 is 1.30 bits per heavy atom. The van der Waals surface area contributed by atoms with E-state index in [2.05, 4.69) is 29.1 Å². The van der Waals surface area contributed by atoms with Gasteiger partial charge in [0.25, 0.3) is 0 Å². The number of imidazole rings is 1. The van der Waals surface area contributed by atoms with Crippen LogP contribution in [0.5, 0.6) is 0 Å². The van der Waals surface area contributed by atoms with Gasteiger partial charge in [0.05, 0.1) is 0 Å². The molecule has 1 aliphatic carbocycles. The van der Waals surface area contributed by atoms with E-state index in [4.69, 9.17) is 0 Å². The number of amides is 1. The molecule has 5 nitrogen and oxygen atoms in total. The zero-order chi connectivity index (χ0) is 17.0. The van der Waals surface area contributed by atoms with E-state index in [9.17, 15) is 4.79 Å². The number of nitrogens with one attached hydrogen (secondary N) is 1. The summed E-state index contributed by atoms with van der Waals surface area (Å²) in [6, 6.07) is 1.97. The number of anilines is 1. The van der Waals surface area contributed by atoms with Gasteiger partial charge in [-0.3, -0.25) is 4.79 Å². The van der Waals surface area contributed by atoms with Crippen molar-refractivity contribution in [3.8, 4) is 11.4 Å². The highest BCUT2D eigenvalue weighted by atomic mass is 16.2. The summed E-state index contributed by atoms with van der Waals surface area (Å²) < 4.78 is 1.98. The fourth-order valence-corrected chi connectivity index (χ4v) is 2.40. The first kappa shape index (κ1) is 17.2. The summed E-state index contributed by atoms with van der Waals surface area (Å²) in [6.45, 7) is 8.27. The van der Waals surface area contributed by atoms with Crippen LogP contribution in [0.4, 0.5) is 5.82 Å². The summed E-state index contributed by atoms with van der Waals surface area (Å²) in [6.07, 6.45) is 7.49. The lowest BCUT2D eigenvalue weighted by Crippen LogP contribution is -2.15. The van der Waals surface area contributed by atoms with Gasteiger partial charge >= 0.3 is 0 Å². The number of carbonyl (C=O) groups is 1. The van der Waals surface area contributed by atoms with Crippen molar-refractivity contribution in [3.63, 3.8) is 0 Å². The first-order valence-electron chi connectivity index (χ1n) is 8.34. The number of hydrogen-bond donors (Lipinski definition) is 1. The number of aromatic nitrogens is 3. The Bertz CT molecular complexity index is 671. The first-order chi connectivity index (χ1) is 11.1. The molecule has 0 aliphatic heterocycles. The van der Waals surface area contributed by atoms with Crippen LogP contribution in [0.3, 0.4) is 0 Å². The summed E-state index contributed by atoms with van der Waals surface area (Å²) in [5.74, 6) is 2.13. The zero-order valence-electron chi connectivity index (χ0n) is 14.6. The Labute approximate surface area is 138 Å². The molecule has 2 aromatic rings. The highest BCUT2D eigenvalue weighted by Crippen LogP contribution is 2.32. The third kappa shape index (κ3) is 3.97. The molecular weight excluding hydrogens is 288 g/mol. The number of nitrogens with zero attached hydrogens (tertiary/aromatic N) is 3. The molecule has 0 unspecified atom stereocenters. The van der Waals surface area contributed by atoms with E-state index in [1.165, 1.54) is 0 Å². The predicted molar refractivity (Wildman–Crippen MR) is 93.2 cm³/mol. The Kier molecular flexibility index (Phi) is 5.53. The fraction of sp³-hybridized carbons (Fsp3) is 0.500. The lowest BCUT2D eigenvalue weighted by atomic mass is 9.98. The topological polar surface area (TPSA) is 59.8 Å². The fourth-order valence-electron chi connectivity index (χ4n) is 2.40. The van der Waals surface area contributed by atoms with Crippen molar-refractivity contribution < 1.29 is 4.79 Å². The summed E-state index contributed by atoms with van der Waals surface area (Å²) in [4.78, 5) is 20.6. The van der Waals surface area contributed by atoms with Crippen molar-refractivity contribution in [2.24, 2.45) is 13.0 Å². The Morgan fingerprint density at radius 2 is 2.00 bits per heavy atom. The molecule has 0 radical (unpaired) electrons. The minimum absolute atomic E-state index is 0.0851. The van der Waals surface area contributed by atoms with E-state index in [1.54, 1.807) is 12.4 Å². The van der Waals surface area contributed by atoms with E-state index in [-0.39, 0.29) is 11.8 Å². The standard InChI is InChI=1S/C16H20N4O.C2H6/c1-10(2)12-8-14(19-16(21)11-4-5-11)18-9-13(12)15-17-6-7-20(15)3;1-2/h6-11H,4-5H2,1-3H3,(H,18,19,21);1-2H3. The molecule has 0 aromatic carbocycles. The van der Waals surface area contributed by atoms with Crippen molar-refractivity contribution in [2.75, 3.05) is 5.32 Å². The molecule has 1 N–H and O–H groups in total. The smallest absolute Gasteiger partial charge is 0.228 e. The molecule has 0 bridgehead atoms. The molecule has 1 saturated carbocycles. The Hall–Kier alpha value is -2.17. The maximum Gasteiger partial charge on any atom is 0.228 e. The van der Waals surface area contributed by atoms with Crippen LogP contribution in [0.25, 0.3) is 11.4 Å². The summed E-state index contributed by atoms with van der Waals surface area (Å²) in [7, 11) is 1.97. The van der Waals surface area contributed by atoms with Crippen LogP contribution in [0, 0.1) is 5.92 Å². The van der Waals surface area contributed by atoms with Crippen LogP contribution >= 0.6 is 0 Å². The molecule has 124 valence electrons. The minimum Gasteiger partial charge on any atom is -0.334 e. The van der Waals surface area contributed by atoms with Crippen LogP contribution in [-0.2, 0) is 11.8 Å². The number of aryl methyl sites for hydroxylation is 1. The van der Waals surface area contributed by atoms with Crippen LogP contribution in [0.2, 0.25) is 0 Å². The van der Waals surface area contributed by atoms with E-state index >= 15 is 0 Å². The number of rotatable bonds is 4. The molecular formula is C18H26N4O. The average Bonchev–Trinajstić information content (AvgIpc) is 3.32. The molecule has 0 spiro atoms. The molecule has 2 aromatic heterocycles. The summed E-state index contributed by atoms with van der Waals surface area (Å²) in [5, 5.41) is 2.91. The molecule has 0 saturated heterocycles. The van der Waals surface area contributed by atoms with Crippen molar-refractivity contribution in [3.05, 3.63) is 30.2 Å². The predicted octanol–water partition coefficient (Wildman–Crippen LogP) is 3.98. The molecule has 1 aliphatic rings. The second-order valence-electron chi connectivity index (χ2n) is 5.94. The van der Waals surface area contributed by atoms with Gasteiger partial charge in [0.2, 0.25) is 5.91 Å². The molecule has 1 fully saturated rings. The molecule has 0 atom stereocenters. The van der Waals surface area contributed by atoms with E-state index < -0.39 is 0 Å². The van der Waals surface area contributed by atoms with Gasteiger partial charge in [-0.1, -0.05) is 27.7 Å². The average molecular weight is 314 g/mol. The van der Waals surface area contributed by atoms with Gasteiger partial charge in [-0.05, 0) is 30.4 Å². The SMILES string of the molecule is CC.CC(C)c1cc(NC(=O)C2CC2)ncc1-c1nccn1C. The van der Waals surface area contributed by atoms with Gasteiger partial charge in [-0.25, -0.2) is 9.97 Å². The van der Waals surface area contributed by atoms with E-state index in [1.807, 2.05) is 37.7 Å². The Morgan fingerprint density at radius 3 is 2.52 bits per heavy atom. The quantitative estimate of drug-likeness (QED) is 0.928. The third-order valence-electron chi connectivity index (χ3n) is 3.82. The van der Waals surface area contributed by atoms with E-state index in [0.717, 1.165) is 29.8 Å². The second-order valence-corrected chi connectivity index (χ2v) is 5.94. The monoisotopic (exact) mass is 314 g/mol. The lowest BCUT2D eigenvalue weighted by Gasteiger charge is -2.14. The molecule has 3 rings (SSSR count). The van der Waals surface area contributed by atoms with Gasteiger partial charge in [0.15, 0.2) is 0 Å². The van der Waals surface area contributed by atoms with Gasteiger partial charge < -0.3 is 9.88 Å². The Balaban J connectivity index is 0.000000924. The largest absolute Gasteiger partial charge is 0.334 e. The van der Waals surface area contributed by atoms with Gasteiger partial charge in [0, 0.05) is 37.1 Å². The molecule has 23 heavy (non-hydrogen) atoms. The highest BCUT2D eigenvalue weighted by molar-refractivity contribution is 5.93. The van der Waals surface area contributed by atoms with Crippen molar-refractivity contribution >= 4 is 11.7 Å². The normalized spacial score (nSPS) is 13.5. The number of hydrogen-bond acceptors (Lipinski definition) is 3. The summed E-state index contributed by atoms with van der Waals surface area (Å²) >= 11 is 0. The molecule has 5 heteroatoms. The van der Waals surface area contributed by atoms with Crippen LogP contribution in [-0.4, -0.2) is 20.4 Å². The van der Waals surface area contributed by atoms with Gasteiger partial charge in [0.1, 0.15) is 11.6 Å². The number of pyridine rings is 1. The van der Waals surface area contributed by atoms with Gasteiger partial charge in [-0.2, -0.15) is 0 Å². The van der Waals surface area contributed by atoms with Crippen LogP contribution in [0.1, 0.15) is 52.0 Å². The first-order valence-corrected chi connectivity index (χ1v) is 8.34. The van der Waals surface area contributed by atoms with Crippen LogP contribution in [0.15, 0.2) is 24.7 Å². The van der Waals surface area contributed by atoms with Crippen molar-refractivity contribution in [2.45, 2.75) is 46.5 Å². The zero-order valence-corrected chi connectivity index (χ0v) is 14.6.